The number of carbonyl (C=O) groups is 2. The Morgan fingerprint density at radius 2 is 1.31 bits per heavy atom. The molecule has 0 atom stereocenters. The predicted molar refractivity (Wildman–Crippen MR) is 138 cm³/mol. The zero-order valence-electron chi connectivity index (χ0n) is 19.6. The van der Waals surface area contributed by atoms with Crippen molar-refractivity contribution in [1.82, 2.24) is 0 Å². The number of fused-ring (bicyclic) bond motifs is 1. The monoisotopic (exact) mass is 460 g/mol. The number of benzene rings is 4. The number of hydrogen-bond acceptors (Lipinski definition) is 4. The maximum Gasteiger partial charge on any atom is 0.337 e. The van der Waals surface area contributed by atoms with Crippen LogP contribution < -0.4 is 4.74 Å². The van der Waals surface area contributed by atoms with Crippen LogP contribution in [0.4, 0.5) is 0 Å². The quantitative estimate of drug-likeness (QED) is 0.246. The van der Waals surface area contributed by atoms with Crippen LogP contribution in [-0.2, 0) is 4.74 Å². The van der Waals surface area contributed by atoms with Gasteiger partial charge in [0.05, 0.1) is 12.7 Å². The Hall–Kier alpha value is -4.44. The molecule has 0 radical (unpaired) electrons. The van der Waals surface area contributed by atoms with Gasteiger partial charge in [0.25, 0.3) is 0 Å². The number of ketones is 1. The molecule has 4 nitrogen and oxygen atoms in total. The van der Waals surface area contributed by atoms with E-state index in [9.17, 15) is 9.59 Å². The van der Waals surface area contributed by atoms with E-state index >= 15 is 0 Å². The highest BCUT2D eigenvalue weighted by Gasteiger charge is 2.24. The summed E-state index contributed by atoms with van der Waals surface area (Å²) in [6, 6.07) is 31.5. The van der Waals surface area contributed by atoms with Gasteiger partial charge in [0.15, 0.2) is 5.78 Å². The average molecular weight is 461 g/mol. The second-order valence-corrected chi connectivity index (χ2v) is 8.42. The Labute approximate surface area is 204 Å². The highest BCUT2D eigenvalue weighted by atomic mass is 16.5. The number of carbonyl (C=O) groups excluding carboxylic acids is 2. The van der Waals surface area contributed by atoms with Gasteiger partial charge in [0, 0.05) is 16.7 Å². The maximum atomic E-state index is 12.0. The lowest BCUT2D eigenvalue weighted by molar-refractivity contribution is 0.0600. The van der Waals surface area contributed by atoms with Crippen molar-refractivity contribution in [2.24, 2.45) is 0 Å². The maximum absolute atomic E-state index is 12.0. The zero-order valence-corrected chi connectivity index (χ0v) is 19.6. The van der Waals surface area contributed by atoms with Crippen LogP contribution in [-0.4, -0.2) is 25.5 Å². The third-order valence-corrected chi connectivity index (χ3v) is 6.26. The summed E-state index contributed by atoms with van der Waals surface area (Å²) >= 11 is 0. The van der Waals surface area contributed by atoms with E-state index in [2.05, 4.69) is 24.3 Å². The Kier molecular flexibility index (Phi) is 6.02. The first-order chi connectivity index (χ1) is 17.0. The number of hydrogen-bond donors (Lipinski definition) is 0. The number of methoxy groups -OCH3 is 1. The van der Waals surface area contributed by atoms with Crippen LogP contribution in [0, 0.1) is 0 Å². The third kappa shape index (κ3) is 4.38. The van der Waals surface area contributed by atoms with Gasteiger partial charge in [-0.15, -0.1) is 0 Å². The fraction of sp³-hybridized carbons (Fsp3) is 0.0968. The van der Waals surface area contributed by atoms with Crippen LogP contribution >= 0.6 is 0 Å². The van der Waals surface area contributed by atoms with E-state index in [1.165, 1.54) is 7.11 Å². The van der Waals surface area contributed by atoms with Crippen molar-refractivity contribution in [3.05, 3.63) is 125 Å². The fourth-order valence-electron chi connectivity index (χ4n) is 4.41. The van der Waals surface area contributed by atoms with E-state index in [0.29, 0.717) is 17.7 Å². The van der Waals surface area contributed by atoms with Crippen molar-refractivity contribution in [1.29, 1.82) is 0 Å². The molecule has 0 fully saturated rings. The average Bonchev–Trinajstić information content (AvgIpc) is 3.32. The van der Waals surface area contributed by atoms with Crippen LogP contribution in [0.5, 0.6) is 5.75 Å². The van der Waals surface area contributed by atoms with E-state index in [4.69, 9.17) is 9.47 Å². The Balaban J connectivity index is 1.69. The highest BCUT2D eigenvalue weighted by molar-refractivity contribution is 6.03. The molecular formula is C31H24O4. The number of esters is 1. The molecule has 4 aromatic carbocycles. The number of rotatable bonds is 5. The van der Waals surface area contributed by atoms with Crippen molar-refractivity contribution in [2.45, 2.75) is 6.92 Å². The van der Waals surface area contributed by atoms with E-state index < -0.39 is 0 Å². The molecule has 0 unspecified atom stereocenters. The van der Waals surface area contributed by atoms with Crippen molar-refractivity contribution < 1.29 is 19.1 Å². The van der Waals surface area contributed by atoms with Gasteiger partial charge in [-0.25, -0.2) is 4.79 Å². The van der Waals surface area contributed by atoms with Gasteiger partial charge in [-0.1, -0.05) is 72.8 Å². The van der Waals surface area contributed by atoms with Gasteiger partial charge in [-0.3, -0.25) is 4.79 Å². The lowest BCUT2D eigenvalue weighted by Gasteiger charge is -2.14. The van der Waals surface area contributed by atoms with Crippen LogP contribution in [0.2, 0.25) is 0 Å². The molecule has 4 aromatic rings. The van der Waals surface area contributed by atoms with Crippen LogP contribution in [0.25, 0.3) is 22.3 Å². The molecule has 0 spiro atoms. The van der Waals surface area contributed by atoms with Crippen LogP contribution in [0.3, 0.4) is 0 Å². The van der Waals surface area contributed by atoms with Gasteiger partial charge in [-0.2, -0.15) is 0 Å². The lowest BCUT2D eigenvalue weighted by Crippen LogP contribution is -2.02. The third-order valence-electron chi connectivity index (χ3n) is 6.26. The molecule has 0 bridgehead atoms. The van der Waals surface area contributed by atoms with Crippen molar-refractivity contribution in [2.75, 3.05) is 13.7 Å². The molecular weight excluding hydrogens is 436 g/mol. The molecule has 35 heavy (non-hydrogen) atoms. The predicted octanol–water partition coefficient (Wildman–Crippen LogP) is 6.69. The summed E-state index contributed by atoms with van der Waals surface area (Å²) in [7, 11) is 1.37. The summed E-state index contributed by atoms with van der Waals surface area (Å²) in [5.41, 5.74) is 8.41. The van der Waals surface area contributed by atoms with Crippen molar-refractivity contribution in [3.63, 3.8) is 0 Å². The van der Waals surface area contributed by atoms with E-state index in [1.807, 2.05) is 60.7 Å². The Morgan fingerprint density at radius 3 is 1.91 bits per heavy atom. The standard InChI is InChI=1S/C31H24O4/c1-20(32)21-8-10-23(11-9-21)30(24-12-14-25(15-13-24)31(33)34-2)28-19-35-29-17-16-26(18-27(28)29)22-6-4-3-5-7-22/h3-18H,19H2,1-2H3/b30-28-. The van der Waals surface area contributed by atoms with Crippen molar-refractivity contribution in [3.8, 4) is 16.9 Å². The van der Waals surface area contributed by atoms with Crippen LogP contribution in [0.1, 0.15) is 44.3 Å². The van der Waals surface area contributed by atoms with Gasteiger partial charge < -0.3 is 9.47 Å². The number of Topliss-reactive ketones (excluding diaryl/α,β-unsaturated/α-hetero) is 1. The molecule has 4 heteroatoms. The summed E-state index contributed by atoms with van der Waals surface area (Å²) in [6.07, 6.45) is 0. The van der Waals surface area contributed by atoms with E-state index in [-0.39, 0.29) is 11.8 Å². The topological polar surface area (TPSA) is 52.6 Å². The van der Waals surface area contributed by atoms with Gasteiger partial charge in [-0.05, 0) is 59.0 Å². The fourth-order valence-corrected chi connectivity index (χ4v) is 4.41. The minimum absolute atomic E-state index is 0.0234. The summed E-state index contributed by atoms with van der Waals surface area (Å²) in [6.45, 7) is 1.99. The molecule has 1 aliphatic rings. The summed E-state index contributed by atoms with van der Waals surface area (Å²) < 4.78 is 10.9. The largest absolute Gasteiger partial charge is 0.488 e. The molecule has 172 valence electrons. The normalized spacial score (nSPS) is 13.5. The van der Waals surface area contributed by atoms with E-state index in [0.717, 1.165) is 44.7 Å². The second kappa shape index (κ2) is 9.43. The molecule has 0 N–H and O–H groups in total. The lowest BCUT2D eigenvalue weighted by atomic mass is 9.88. The molecule has 1 heterocycles. The first-order valence-electron chi connectivity index (χ1n) is 11.4. The first kappa shape index (κ1) is 22.4. The zero-order chi connectivity index (χ0) is 24.4. The molecule has 0 aromatic heterocycles. The molecule has 0 saturated heterocycles. The van der Waals surface area contributed by atoms with Gasteiger partial charge in [0.2, 0.25) is 0 Å². The Bertz CT molecular complexity index is 1430. The van der Waals surface area contributed by atoms with Crippen molar-refractivity contribution >= 4 is 22.9 Å². The van der Waals surface area contributed by atoms with Gasteiger partial charge >= 0.3 is 5.97 Å². The number of ether oxygens (including phenoxy) is 2. The molecule has 0 amide bonds. The highest BCUT2D eigenvalue weighted by Crippen LogP contribution is 2.42. The molecule has 5 rings (SSSR count). The second-order valence-electron chi connectivity index (χ2n) is 8.42. The summed E-state index contributed by atoms with van der Waals surface area (Å²) in [5, 5.41) is 0. The Morgan fingerprint density at radius 1 is 0.714 bits per heavy atom. The smallest absolute Gasteiger partial charge is 0.337 e. The van der Waals surface area contributed by atoms with E-state index in [1.54, 1.807) is 19.1 Å². The minimum Gasteiger partial charge on any atom is -0.488 e. The molecule has 0 aliphatic carbocycles. The van der Waals surface area contributed by atoms with Gasteiger partial charge in [0.1, 0.15) is 12.4 Å². The molecule has 1 aliphatic heterocycles. The minimum atomic E-state index is -0.376. The molecule has 0 saturated carbocycles. The summed E-state index contributed by atoms with van der Waals surface area (Å²) in [5.74, 6) is 0.484. The van der Waals surface area contributed by atoms with Crippen LogP contribution in [0.15, 0.2) is 97.1 Å². The first-order valence-corrected chi connectivity index (χ1v) is 11.4. The summed E-state index contributed by atoms with van der Waals surface area (Å²) in [4.78, 5) is 23.8. The SMILES string of the molecule is COC(=O)c1ccc(/C(=C2/COc3ccc(-c4ccccc4)cc32)c2ccc(C(C)=O)cc2)cc1.